The number of ketones is 1. The molecule has 3 aromatic rings. The zero-order valence-corrected chi connectivity index (χ0v) is 19.7. The van der Waals surface area contributed by atoms with Crippen LogP contribution in [0.15, 0.2) is 47.0 Å². The van der Waals surface area contributed by atoms with E-state index in [1.165, 1.54) is 25.4 Å². The summed E-state index contributed by atoms with van der Waals surface area (Å²) in [6.07, 6.45) is -0.506. The maximum Gasteiger partial charge on any atom is 0.573 e. The molecule has 1 aliphatic carbocycles. The number of esters is 1. The summed E-state index contributed by atoms with van der Waals surface area (Å²) in [5, 5.41) is 10.2. The van der Waals surface area contributed by atoms with Crippen molar-refractivity contribution in [3.8, 4) is 11.6 Å². The fourth-order valence-electron chi connectivity index (χ4n) is 3.85. The van der Waals surface area contributed by atoms with Crippen LogP contribution in [0.25, 0.3) is 0 Å². The molecule has 0 atom stereocenters. The minimum atomic E-state index is -4.79. The number of Topliss-reactive ketones (excluding diaryl/α,β-unsaturated/α-hetero) is 1. The maximum absolute atomic E-state index is 12.5. The molecule has 0 saturated heterocycles. The average Bonchev–Trinajstić information content (AvgIpc) is 3.34. The quantitative estimate of drug-likeness (QED) is 0.315. The van der Waals surface area contributed by atoms with Crippen molar-refractivity contribution in [2.45, 2.75) is 44.6 Å². The summed E-state index contributed by atoms with van der Waals surface area (Å²) in [6.45, 7) is 0. The van der Waals surface area contributed by atoms with Crippen molar-refractivity contribution >= 4 is 23.5 Å². The Morgan fingerprint density at radius 1 is 1.05 bits per heavy atom. The number of pyridine rings is 1. The molecule has 1 saturated carbocycles. The van der Waals surface area contributed by atoms with Crippen molar-refractivity contribution in [1.82, 2.24) is 15.2 Å². The van der Waals surface area contributed by atoms with Gasteiger partial charge in [0.25, 0.3) is 5.89 Å². The Morgan fingerprint density at radius 3 is 2.41 bits per heavy atom. The number of hydrogen-bond acceptors (Lipinski definition) is 10. The van der Waals surface area contributed by atoms with Crippen molar-refractivity contribution in [1.29, 1.82) is 0 Å². The van der Waals surface area contributed by atoms with Gasteiger partial charge < -0.3 is 23.9 Å². The highest BCUT2D eigenvalue weighted by Gasteiger charge is 2.31. The van der Waals surface area contributed by atoms with Gasteiger partial charge in [-0.2, -0.15) is 0 Å². The van der Waals surface area contributed by atoms with Gasteiger partial charge in [-0.3, -0.25) is 9.59 Å². The van der Waals surface area contributed by atoms with Crippen LogP contribution in [0.3, 0.4) is 0 Å². The van der Waals surface area contributed by atoms with Crippen LogP contribution in [0.1, 0.15) is 41.9 Å². The fraction of sp³-hybridized carbons (Fsp3) is 0.375. The van der Waals surface area contributed by atoms with Gasteiger partial charge in [-0.1, -0.05) is 11.2 Å². The number of methoxy groups -OCH3 is 1. The smallest absolute Gasteiger partial charge is 0.474 e. The molecular weight excluding hydrogens is 497 g/mol. The van der Waals surface area contributed by atoms with Crippen LogP contribution in [0.5, 0.6) is 11.6 Å². The van der Waals surface area contributed by atoms with E-state index in [2.05, 4.69) is 25.2 Å². The Morgan fingerprint density at radius 2 is 1.78 bits per heavy atom. The van der Waals surface area contributed by atoms with Crippen LogP contribution in [0.4, 0.5) is 24.9 Å². The number of aromatic nitrogens is 3. The van der Waals surface area contributed by atoms with Gasteiger partial charge in [0.15, 0.2) is 0 Å². The molecule has 4 rings (SSSR count). The molecule has 13 heteroatoms. The summed E-state index contributed by atoms with van der Waals surface area (Å²) >= 11 is 0. The van der Waals surface area contributed by atoms with Gasteiger partial charge in [-0.25, -0.2) is 4.98 Å². The standard InChI is InChI=1S/C24H23F3N4O6/c1-34-22(33)15-3-7-17(8-4-15)35-20-11-2-14(13-28-20)12-19(32)21-30-31-23(36-21)29-16-5-9-18(10-6-16)37-24(25,26)27/h2,5-6,9-11,13,15,17H,3-4,7-8,12H2,1H3,(H,29,31). The second-order valence-electron chi connectivity index (χ2n) is 8.33. The summed E-state index contributed by atoms with van der Waals surface area (Å²) in [5.74, 6) is -0.911. The van der Waals surface area contributed by atoms with E-state index >= 15 is 0 Å². The van der Waals surface area contributed by atoms with Crippen LogP contribution in [-0.2, 0) is 16.0 Å². The second kappa shape index (κ2) is 11.3. The van der Waals surface area contributed by atoms with Crippen LogP contribution >= 0.6 is 0 Å². The minimum absolute atomic E-state index is 0.0391. The number of carbonyl (C=O) groups excluding carboxylic acids is 2. The number of nitrogens with zero attached hydrogens (tertiary/aromatic N) is 3. The van der Waals surface area contributed by atoms with Gasteiger partial charge in [0.05, 0.1) is 13.0 Å². The first kappa shape index (κ1) is 25.9. The number of alkyl halides is 3. The predicted octanol–water partition coefficient (Wildman–Crippen LogP) is 4.64. The normalized spacial score (nSPS) is 17.6. The molecule has 37 heavy (non-hydrogen) atoms. The van der Waals surface area contributed by atoms with Crippen molar-refractivity contribution in [2.24, 2.45) is 5.92 Å². The van der Waals surface area contributed by atoms with E-state index in [0.29, 0.717) is 30.0 Å². The topological polar surface area (TPSA) is 126 Å². The molecule has 196 valence electrons. The minimum Gasteiger partial charge on any atom is -0.474 e. The van der Waals surface area contributed by atoms with Crippen molar-refractivity contribution < 1.29 is 41.4 Å². The zero-order chi connectivity index (χ0) is 26.4. The Bertz CT molecular complexity index is 1210. The molecule has 0 radical (unpaired) electrons. The lowest BCUT2D eigenvalue weighted by molar-refractivity contribution is -0.274. The van der Waals surface area contributed by atoms with E-state index in [1.54, 1.807) is 12.1 Å². The molecule has 0 unspecified atom stereocenters. The Kier molecular flexibility index (Phi) is 7.89. The van der Waals surface area contributed by atoms with Gasteiger partial charge >= 0.3 is 18.3 Å². The summed E-state index contributed by atoms with van der Waals surface area (Å²) in [6, 6.07) is 8.16. The van der Waals surface area contributed by atoms with E-state index in [0.717, 1.165) is 25.0 Å². The molecule has 1 N–H and O–H groups in total. The molecule has 0 bridgehead atoms. The highest BCUT2D eigenvalue weighted by atomic mass is 19.4. The average molecular weight is 520 g/mol. The molecular formula is C24H23F3N4O6. The third kappa shape index (κ3) is 7.41. The molecule has 0 aliphatic heterocycles. The molecule has 2 heterocycles. The summed E-state index contributed by atoms with van der Waals surface area (Å²) in [7, 11) is 1.39. The first-order valence-corrected chi connectivity index (χ1v) is 11.4. The number of hydrogen-bond donors (Lipinski definition) is 1. The third-order valence-electron chi connectivity index (χ3n) is 5.66. The van der Waals surface area contributed by atoms with Gasteiger partial charge in [0.2, 0.25) is 11.7 Å². The Hall–Kier alpha value is -4.16. The molecule has 1 fully saturated rings. The molecule has 2 aromatic heterocycles. The first-order chi connectivity index (χ1) is 17.7. The van der Waals surface area contributed by atoms with Gasteiger partial charge in [0.1, 0.15) is 11.9 Å². The zero-order valence-electron chi connectivity index (χ0n) is 19.7. The first-order valence-electron chi connectivity index (χ1n) is 11.4. The number of anilines is 2. The summed E-state index contributed by atoms with van der Waals surface area (Å²) < 4.78 is 56.6. The lowest BCUT2D eigenvalue weighted by Crippen LogP contribution is -2.28. The van der Waals surface area contributed by atoms with Crippen molar-refractivity contribution in [3.63, 3.8) is 0 Å². The lowest BCUT2D eigenvalue weighted by atomic mass is 9.87. The Labute approximate surface area is 209 Å². The molecule has 1 aliphatic rings. The third-order valence-corrected chi connectivity index (χ3v) is 5.66. The number of benzene rings is 1. The lowest BCUT2D eigenvalue weighted by Gasteiger charge is -2.27. The summed E-state index contributed by atoms with van der Waals surface area (Å²) in [4.78, 5) is 28.4. The second-order valence-corrected chi connectivity index (χ2v) is 8.33. The molecule has 10 nitrogen and oxygen atoms in total. The van der Waals surface area contributed by atoms with Gasteiger partial charge in [0, 0.05) is 24.4 Å². The molecule has 1 aromatic carbocycles. The number of halogens is 3. The van der Waals surface area contributed by atoms with E-state index in [1.807, 2.05) is 0 Å². The highest BCUT2D eigenvalue weighted by molar-refractivity contribution is 5.93. The number of nitrogens with one attached hydrogen (secondary N) is 1. The van der Waals surface area contributed by atoms with Crippen LogP contribution in [0, 0.1) is 5.92 Å². The van der Waals surface area contributed by atoms with Crippen LogP contribution in [0.2, 0.25) is 0 Å². The van der Waals surface area contributed by atoms with E-state index in [-0.39, 0.29) is 42.1 Å². The molecule has 0 spiro atoms. The van der Waals surface area contributed by atoms with Gasteiger partial charge in [-0.05, 0) is 55.5 Å². The number of ether oxygens (including phenoxy) is 3. The van der Waals surface area contributed by atoms with E-state index in [4.69, 9.17) is 13.9 Å². The van der Waals surface area contributed by atoms with Gasteiger partial charge in [-0.15, -0.1) is 18.3 Å². The van der Waals surface area contributed by atoms with Crippen LogP contribution in [-0.4, -0.2) is 46.5 Å². The summed E-state index contributed by atoms with van der Waals surface area (Å²) in [5.41, 5.74) is 0.968. The Balaban J connectivity index is 1.26. The van der Waals surface area contributed by atoms with E-state index in [9.17, 15) is 22.8 Å². The largest absolute Gasteiger partial charge is 0.573 e. The monoisotopic (exact) mass is 520 g/mol. The fourth-order valence-corrected chi connectivity index (χ4v) is 3.85. The predicted molar refractivity (Wildman–Crippen MR) is 121 cm³/mol. The van der Waals surface area contributed by atoms with E-state index < -0.39 is 12.1 Å². The van der Waals surface area contributed by atoms with Crippen molar-refractivity contribution in [3.05, 3.63) is 54.0 Å². The number of carbonyl (C=O) groups is 2. The molecule has 0 amide bonds. The van der Waals surface area contributed by atoms with Crippen LogP contribution < -0.4 is 14.8 Å². The highest BCUT2D eigenvalue weighted by Crippen LogP contribution is 2.28. The SMILES string of the molecule is COC(=O)C1CCC(Oc2ccc(CC(=O)c3nnc(Nc4ccc(OC(F)(F)F)cc4)o3)cn2)CC1. The van der Waals surface area contributed by atoms with Crippen molar-refractivity contribution in [2.75, 3.05) is 12.4 Å². The maximum atomic E-state index is 12.5. The number of rotatable bonds is 9.